The maximum absolute atomic E-state index is 13.4. The van der Waals surface area contributed by atoms with E-state index in [1.807, 2.05) is 0 Å². The Bertz CT molecular complexity index is 687. The molecular formula is C15H17F5N2O2. The summed E-state index contributed by atoms with van der Waals surface area (Å²) in [7, 11) is 0. The third-order valence-corrected chi connectivity index (χ3v) is 4.83. The van der Waals surface area contributed by atoms with Gasteiger partial charge in [-0.15, -0.1) is 0 Å². The van der Waals surface area contributed by atoms with Crippen LogP contribution in [0, 0.1) is 11.3 Å². The first-order valence-corrected chi connectivity index (χ1v) is 7.62. The smallest absolute Gasteiger partial charge is 0.420 e. The Labute approximate surface area is 134 Å². The number of hydrogen-bond donors (Lipinski definition) is 1. The van der Waals surface area contributed by atoms with E-state index in [1.165, 1.54) is 6.92 Å². The number of aromatic nitrogens is 2. The van der Waals surface area contributed by atoms with Gasteiger partial charge in [0.25, 0.3) is 0 Å². The topological polar surface area (TPSA) is 55.1 Å². The summed E-state index contributed by atoms with van der Waals surface area (Å²) in [6.45, 7) is 3.00. The van der Waals surface area contributed by atoms with Crippen molar-refractivity contribution in [3.8, 4) is 0 Å². The maximum atomic E-state index is 13.4. The average Bonchev–Trinajstić information content (AvgIpc) is 2.93. The van der Waals surface area contributed by atoms with Gasteiger partial charge in [-0.25, -0.2) is 13.6 Å². The first kappa shape index (κ1) is 17.2. The summed E-state index contributed by atoms with van der Waals surface area (Å²) >= 11 is 0. The van der Waals surface area contributed by atoms with Gasteiger partial charge in [0, 0.05) is 25.3 Å². The molecule has 2 fully saturated rings. The number of aromatic carboxylic acids is 1. The lowest BCUT2D eigenvalue weighted by Crippen LogP contribution is -2.47. The summed E-state index contributed by atoms with van der Waals surface area (Å²) in [5.74, 6) is -5.04. The van der Waals surface area contributed by atoms with Crippen LogP contribution in [-0.2, 0) is 12.7 Å². The number of carboxylic acid groups (broad SMARTS) is 1. The maximum Gasteiger partial charge on any atom is 0.420 e. The molecular weight excluding hydrogens is 335 g/mol. The Balaban J connectivity index is 2.03. The quantitative estimate of drug-likeness (QED) is 0.828. The minimum Gasteiger partial charge on any atom is -0.477 e. The number of nitrogens with zero attached hydrogens (tertiary/aromatic N) is 2. The molecule has 3 rings (SSSR count). The Morgan fingerprint density at radius 1 is 1.38 bits per heavy atom. The zero-order valence-corrected chi connectivity index (χ0v) is 13.1. The summed E-state index contributed by atoms with van der Waals surface area (Å²) in [5.41, 5.74) is -3.43. The Kier molecular flexibility index (Phi) is 3.52. The number of halogens is 5. The lowest BCUT2D eigenvalue weighted by molar-refractivity contribution is -0.160. The van der Waals surface area contributed by atoms with E-state index in [0.29, 0.717) is 6.42 Å². The van der Waals surface area contributed by atoms with Crippen LogP contribution in [0.1, 0.15) is 60.8 Å². The number of alkyl halides is 5. The lowest BCUT2D eigenvalue weighted by Gasteiger charge is -2.44. The largest absolute Gasteiger partial charge is 0.477 e. The van der Waals surface area contributed by atoms with Crippen LogP contribution >= 0.6 is 0 Å². The van der Waals surface area contributed by atoms with E-state index in [1.54, 1.807) is 6.92 Å². The predicted octanol–water partition coefficient (Wildman–Crippen LogP) is 4.16. The van der Waals surface area contributed by atoms with Crippen LogP contribution < -0.4 is 0 Å². The fourth-order valence-corrected chi connectivity index (χ4v) is 3.72. The molecule has 0 aromatic carbocycles. The molecule has 1 heterocycles. The number of hydrogen-bond acceptors (Lipinski definition) is 2. The monoisotopic (exact) mass is 352 g/mol. The molecule has 9 heteroatoms. The minimum absolute atomic E-state index is 0.000261. The van der Waals surface area contributed by atoms with Crippen LogP contribution in [0.4, 0.5) is 22.0 Å². The Morgan fingerprint density at radius 2 is 1.92 bits per heavy atom. The second-order valence-corrected chi connectivity index (χ2v) is 7.41. The highest BCUT2D eigenvalue weighted by atomic mass is 19.4. The fourth-order valence-electron chi connectivity index (χ4n) is 3.72. The summed E-state index contributed by atoms with van der Waals surface area (Å²) in [4.78, 5) is 11.4. The first-order valence-electron chi connectivity index (χ1n) is 7.62. The van der Waals surface area contributed by atoms with E-state index in [9.17, 15) is 31.9 Å². The molecule has 134 valence electrons. The molecule has 2 saturated carbocycles. The van der Waals surface area contributed by atoms with Crippen molar-refractivity contribution in [1.82, 2.24) is 9.78 Å². The van der Waals surface area contributed by atoms with Gasteiger partial charge < -0.3 is 5.11 Å². The molecule has 1 aromatic rings. The second-order valence-electron chi connectivity index (χ2n) is 7.41. The fraction of sp³-hybridized carbons (Fsp3) is 0.733. The molecule has 0 saturated heterocycles. The second kappa shape index (κ2) is 4.92. The number of carbonyl (C=O) groups is 1. The van der Waals surface area contributed by atoms with E-state index < -0.39 is 53.5 Å². The van der Waals surface area contributed by atoms with Crippen molar-refractivity contribution in [2.75, 3.05) is 0 Å². The minimum atomic E-state index is -4.85. The molecule has 4 nitrogen and oxygen atoms in total. The summed E-state index contributed by atoms with van der Waals surface area (Å²) in [5, 5.41) is 13.2. The molecule has 24 heavy (non-hydrogen) atoms. The molecule has 2 aliphatic carbocycles. The Morgan fingerprint density at radius 3 is 2.29 bits per heavy atom. The molecule has 1 N–H and O–H groups in total. The van der Waals surface area contributed by atoms with E-state index in [4.69, 9.17) is 0 Å². The van der Waals surface area contributed by atoms with Gasteiger partial charge in [-0.3, -0.25) is 4.68 Å². The molecule has 0 unspecified atom stereocenters. The first-order chi connectivity index (χ1) is 10.8. The highest BCUT2D eigenvalue weighted by Crippen LogP contribution is 2.54. The van der Waals surface area contributed by atoms with Crippen molar-refractivity contribution in [2.45, 2.75) is 57.7 Å². The van der Waals surface area contributed by atoms with E-state index in [-0.39, 0.29) is 18.2 Å². The van der Waals surface area contributed by atoms with Crippen molar-refractivity contribution in [3.63, 3.8) is 0 Å². The lowest BCUT2D eigenvalue weighted by atomic mass is 9.67. The van der Waals surface area contributed by atoms with Gasteiger partial charge >= 0.3 is 12.1 Å². The van der Waals surface area contributed by atoms with E-state index in [2.05, 4.69) is 5.10 Å². The average molecular weight is 352 g/mol. The molecule has 0 spiro atoms. The predicted molar refractivity (Wildman–Crippen MR) is 73.0 cm³/mol. The van der Waals surface area contributed by atoms with Gasteiger partial charge in [0.05, 0.1) is 5.69 Å². The molecule has 0 radical (unpaired) electrons. The van der Waals surface area contributed by atoms with Crippen LogP contribution in [0.5, 0.6) is 0 Å². The van der Waals surface area contributed by atoms with Gasteiger partial charge in [0.15, 0.2) is 5.69 Å². The van der Waals surface area contributed by atoms with Crippen molar-refractivity contribution < 1.29 is 31.9 Å². The van der Waals surface area contributed by atoms with Crippen molar-refractivity contribution >= 4 is 5.97 Å². The zero-order chi connectivity index (χ0) is 18.1. The molecule has 0 aliphatic heterocycles. The third kappa shape index (κ3) is 2.88. The normalized spacial score (nSPS) is 27.6. The molecule has 2 aliphatic rings. The highest BCUT2D eigenvalue weighted by Gasteiger charge is 2.55. The Hall–Kier alpha value is -1.67. The van der Waals surface area contributed by atoms with Gasteiger partial charge in [-0.05, 0) is 17.8 Å². The molecule has 0 bridgehead atoms. The number of carboxylic acids is 1. The summed E-state index contributed by atoms with van der Waals surface area (Å²) in [6, 6.07) is 0. The molecule has 2 atom stereocenters. The van der Waals surface area contributed by atoms with Gasteiger partial charge in [0.2, 0.25) is 5.92 Å². The van der Waals surface area contributed by atoms with Crippen molar-refractivity contribution in [3.05, 3.63) is 17.0 Å². The third-order valence-electron chi connectivity index (χ3n) is 4.83. The highest BCUT2D eigenvalue weighted by molar-refractivity contribution is 5.88. The van der Waals surface area contributed by atoms with Gasteiger partial charge in [-0.1, -0.05) is 13.8 Å². The zero-order valence-electron chi connectivity index (χ0n) is 13.1. The van der Waals surface area contributed by atoms with Crippen LogP contribution in [0.2, 0.25) is 0 Å². The van der Waals surface area contributed by atoms with E-state index >= 15 is 0 Å². The summed E-state index contributed by atoms with van der Waals surface area (Å²) < 4.78 is 67.3. The van der Waals surface area contributed by atoms with Crippen LogP contribution in [0.3, 0.4) is 0 Å². The van der Waals surface area contributed by atoms with Crippen LogP contribution in [0.25, 0.3) is 0 Å². The van der Waals surface area contributed by atoms with E-state index in [0.717, 1.165) is 4.68 Å². The van der Waals surface area contributed by atoms with Crippen molar-refractivity contribution in [1.29, 1.82) is 0 Å². The SMILES string of the molecule is C[C@H]1C[C@@H]1c1nn(CC2(C)CC(F)(F)C2)c(C(=O)O)c1C(F)(F)F. The standard InChI is InChI=1S/C15H17F5N2O2/c1-7-3-8(7)10-9(15(18,19)20)11(12(23)24)22(21-10)6-13(2)4-14(16,17)5-13/h7-8H,3-6H2,1-2H3,(H,23,24)/t7-,8-/m0/s1. The van der Waals surface area contributed by atoms with Crippen molar-refractivity contribution in [2.24, 2.45) is 11.3 Å². The molecule has 1 aromatic heterocycles. The number of rotatable bonds is 4. The van der Waals surface area contributed by atoms with Gasteiger partial charge in [-0.2, -0.15) is 18.3 Å². The summed E-state index contributed by atoms with van der Waals surface area (Å²) in [6.07, 6.45) is -5.33. The molecule has 0 amide bonds. The van der Waals surface area contributed by atoms with Crippen LogP contribution in [0.15, 0.2) is 0 Å². The van der Waals surface area contributed by atoms with Crippen LogP contribution in [-0.4, -0.2) is 26.8 Å². The van der Waals surface area contributed by atoms with Gasteiger partial charge in [0.1, 0.15) is 5.56 Å².